The van der Waals surface area contributed by atoms with E-state index >= 15 is 0 Å². The van der Waals surface area contributed by atoms with Crippen molar-refractivity contribution in [3.8, 4) is 5.88 Å². The SMILES string of the molecule is CN=C(NCCOc1ccc(C(F)(F)F)cn1)NCC(C)(C)SC.I. The number of thioether (sulfide) groups is 1. The van der Waals surface area contributed by atoms with Crippen LogP contribution in [-0.4, -0.2) is 48.7 Å². The summed E-state index contributed by atoms with van der Waals surface area (Å²) in [6.45, 7) is 5.69. The maximum Gasteiger partial charge on any atom is 0.417 e. The molecular formula is C15H24F3IN4OS. The van der Waals surface area contributed by atoms with E-state index in [1.165, 1.54) is 6.07 Å². The number of alkyl halides is 3. The maximum atomic E-state index is 12.4. The summed E-state index contributed by atoms with van der Waals surface area (Å²) >= 11 is 1.75. The highest BCUT2D eigenvalue weighted by molar-refractivity contribution is 14.0. The van der Waals surface area contributed by atoms with Crippen LogP contribution >= 0.6 is 35.7 Å². The van der Waals surface area contributed by atoms with Gasteiger partial charge in [-0.15, -0.1) is 24.0 Å². The van der Waals surface area contributed by atoms with Crippen molar-refractivity contribution in [2.75, 3.05) is 33.0 Å². The van der Waals surface area contributed by atoms with Crippen molar-refractivity contribution in [1.29, 1.82) is 0 Å². The third-order valence-corrected chi connectivity index (χ3v) is 4.42. The van der Waals surface area contributed by atoms with Crippen LogP contribution in [0.25, 0.3) is 0 Å². The molecule has 0 saturated heterocycles. The summed E-state index contributed by atoms with van der Waals surface area (Å²) < 4.78 is 42.7. The molecular weight excluding hydrogens is 468 g/mol. The average molecular weight is 492 g/mol. The van der Waals surface area contributed by atoms with Crippen LogP contribution in [0.15, 0.2) is 23.3 Å². The fourth-order valence-corrected chi connectivity index (χ4v) is 1.76. The van der Waals surface area contributed by atoms with Gasteiger partial charge in [0.05, 0.1) is 12.1 Å². The molecule has 1 rings (SSSR count). The molecule has 2 N–H and O–H groups in total. The van der Waals surface area contributed by atoms with Crippen molar-refractivity contribution >= 4 is 41.7 Å². The van der Waals surface area contributed by atoms with E-state index in [1.54, 1.807) is 18.8 Å². The van der Waals surface area contributed by atoms with Gasteiger partial charge in [0.1, 0.15) is 6.61 Å². The second kappa shape index (κ2) is 10.9. The van der Waals surface area contributed by atoms with Crippen molar-refractivity contribution in [3.05, 3.63) is 23.9 Å². The smallest absolute Gasteiger partial charge is 0.417 e. The van der Waals surface area contributed by atoms with Crippen molar-refractivity contribution < 1.29 is 17.9 Å². The summed E-state index contributed by atoms with van der Waals surface area (Å²) in [5.41, 5.74) is -0.797. The zero-order valence-electron chi connectivity index (χ0n) is 14.6. The van der Waals surface area contributed by atoms with Gasteiger partial charge in [0.25, 0.3) is 0 Å². The number of rotatable bonds is 7. The molecule has 0 amide bonds. The Balaban J connectivity index is 0.00000576. The Kier molecular flexibility index (Phi) is 10.5. The normalized spacial score (nSPS) is 12.4. The number of guanidine groups is 1. The summed E-state index contributed by atoms with van der Waals surface area (Å²) in [5, 5.41) is 6.27. The van der Waals surface area contributed by atoms with Crippen LogP contribution in [0.1, 0.15) is 19.4 Å². The minimum absolute atomic E-state index is 0. The second-order valence-electron chi connectivity index (χ2n) is 5.55. The number of hydrogen-bond donors (Lipinski definition) is 2. The van der Waals surface area contributed by atoms with E-state index in [0.717, 1.165) is 18.8 Å². The Morgan fingerprint density at radius 2 is 1.96 bits per heavy atom. The van der Waals surface area contributed by atoms with Crippen LogP contribution in [0.4, 0.5) is 13.2 Å². The lowest BCUT2D eigenvalue weighted by Gasteiger charge is -2.23. The standard InChI is InChI=1S/C15H23F3N4OS.HI/c1-14(2,24-4)10-22-13(19-3)20-7-8-23-12-6-5-11(9-21-12)15(16,17)18;/h5-6,9H,7-8,10H2,1-4H3,(H2,19,20,22);1H. The number of nitrogens with zero attached hydrogens (tertiary/aromatic N) is 2. The lowest BCUT2D eigenvalue weighted by molar-refractivity contribution is -0.137. The van der Waals surface area contributed by atoms with E-state index < -0.39 is 11.7 Å². The van der Waals surface area contributed by atoms with Gasteiger partial charge in [-0.1, -0.05) is 0 Å². The summed E-state index contributed by atoms with van der Waals surface area (Å²) in [6.07, 6.45) is -1.59. The first-order valence-electron chi connectivity index (χ1n) is 7.33. The van der Waals surface area contributed by atoms with Crippen LogP contribution < -0.4 is 15.4 Å². The molecule has 0 bridgehead atoms. The molecule has 0 radical (unpaired) electrons. The molecule has 0 aliphatic carbocycles. The lowest BCUT2D eigenvalue weighted by atomic mass is 10.2. The summed E-state index contributed by atoms with van der Waals surface area (Å²) in [4.78, 5) is 7.74. The predicted octanol–water partition coefficient (Wildman–Crippen LogP) is 3.40. The highest BCUT2D eigenvalue weighted by atomic mass is 127. The number of halogens is 4. The molecule has 0 spiro atoms. The molecule has 10 heteroatoms. The van der Waals surface area contributed by atoms with Crippen molar-refractivity contribution in [1.82, 2.24) is 15.6 Å². The van der Waals surface area contributed by atoms with Crippen LogP contribution in [-0.2, 0) is 6.18 Å². The number of aromatic nitrogens is 1. The Hall–Kier alpha value is -0.910. The van der Waals surface area contributed by atoms with Gasteiger partial charge in [0, 0.05) is 30.6 Å². The molecule has 1 aromatic rings. The first kappa shape index (κ1) is 24.1. The van der Waals surface area contributed by atoms with E-state index in [1.807, 2.05) is 6.26 Å². The van der Waals surface area contributed by atoms with Crippen molar-refractivity contribution in [2.45, 2.75) is 24.8 Å². The van der Waals surface area contributed by atoms with Gasteiger partial charge in [0.15, 0.2) is 5.96 Å². The van der Waals surface area contributed by atoms with Gasteiger partial charge in [-0.3, -0.25) is 4.99 Å². The lowest BCUT2D eigenvalue weighted by Crippen LogP contribution is -2.44. The second-order valence-corrected chi connectivity index (χ2v) is 7.06. The van der Waals surface area contributed by atoms with E-state index in [4.69, 9.17) is 4.74 Å². The number of nitrogens with one attached hydrogen (secondary N) is 2. The van der Waals surface area contributed by atoms with E-state index in [0.29, 0.717) is 12.5 Å². The number of hydrogen-bond acceptors (Lipinski definition) is 4. The average Bonchev–Trinajstić information content (AvgIpc) is 2.54. The molecule has 144 valence electrons. The third-order valence-electron chi connectivity index (χ3n) is 3.17. The molecule has 0 aliphatic rings. The Labute approximate surface area is 167 Å². The van der Waals surface area contributed by atoms with E-state index in [-0.39, 0.29) is 41.2 Å². The Morgan fingerprint density at radius 3 is 2.44 bits per heavy atom. The van der Waals surface area contributed by atoms with Crippen molar-refractivity contribution in [3.63, 3.8) is 0 Å². The zero-order chi connectivity index (χ0) is 18.2. The van der Waals surface area contributed by atoms with Gasteiger partial charge in [-0.25, -0.2) is 4.98 Å². The molecule has 0 saturated carbocycles. The summed E-state index contributed by atoms with van der Waals surface area (Å²) in [5.74, 6) is 0.789. The van der Waals surface area contributed by atoms with Crippen LogP contribution in [0.2, 0.25) is 0 Å². The molecule has 1 aromatic heterocycles. The quantitative estimate of drug-likeness (QED) is 0.265. The van der Waals surface area contributed by atoms with Gasteiger partial charge < -0.3 is 15.4 Å². The van der Waals surface area contributed by atoms with E-state index in [9.17, 15) is 13.2 Å². The molecule has 0 aromatic carbocycles. The van der Waals surface area contributed by atoms with Gasteiger partial charge in [-0.2, -0.15) is 24.9 Å². The fourth-order valence-electron chi connectivity index (χ4n) is 1.55. The molecule has 0 unspecified atom stereocenters. The fraction of sp³-hybridized carbons (Fsp3) is 0.600. The Morgan fingerprint density at radius 1 is 1.28 bits per heavy atom. The molecule has 25 heavy (non-hydrogen) atoms. The minimum atomic E-state index is -4.39. The molecule has 0 fully saturated rings. The van der Waals surface area contributed by atoms with Gasteiger partial charge >= 0.3 is 6.18 Å². The topological polar surface area (TPSA) is 58.5 Å². The monoisotopic (exact) mass is 492 g/mol. The molecule has 0 aliphatic heterocycles. The first-order chi connectivity index (χ1) is 11.2. The number of aliphatic imine (C=N–C) groups is 1. The van der Waals surface area contributed by atoms with Gasteiger partial charge in [-0.05, 0) is 26.2 Å². The maximum absolute atomic E-state index is 12.4. The summed E-state index contributed by atoms with van der Waals surface area (Å²) in [6, 6.07) is 2.15. The highest BCUT2D eigenvalue weighted by Crippen LogP contribution is 2.29. The first-order valence-corrected chi connectivity index (χ1v) is 8.56. The van der Waals surface area contributed by atoms with Crippen LogP contribution in [0.3, 0.4) is 0 Å². The van der Waals surface area contributed by atoms with Crippen molar-refractivity contribution in [2.24, 2.45) is 4.99 Å². The summed E-state index contributed by atoms with van der Waals surface area (Å²) in [7, 11) is 1.67. The minimum Gasteiger partial charge on any atom is -0.476 e. The number of pyridine rings is 1. The van der Waals surface area contributed by atoms with Gasteiger partial charge in [0.2, 0.25) is 5.88 Å². The van der Waals surface area contributed by atoms with Crippen LogP contribution in [0.5, 0.6) is 5.88 Å². The Bertz CT molecular complexity index is 539. The zero-order valence-corrected chi connectivity index (χ0v) is 17.8. The largest absolute Gasteiger partial charge is 0.476 e. The molecule has 5 nitrogen and oxygen atoms in total. The highest BCUT2D eigenvalue weighted by Gasteiger charge is 2.30. The predicted molar refractivity (Wildman–Crippen MR) is 107 cm³/mol. The third kappa shape index (κ3) is 9.38. The molecule has 1 heterocycles. The number of ether oxygens (including phenoxy) is 1. The molecule has 0 atom stereocenters. The van der Waals surface area contributed by atoms with E-state index in [2.05, 4.69) is 34.5 Å². The van der Waals surface area contributed by atoms with Crippen LogP contribution in [0, 0.1) is 0 Å².